The van der Waals surface area contributed by atoms with Gasteiger partial charge in [-0.05, 0) is 30.5 Å². The maximum Gasteiger partial charge on any atom is 0.161 e. The standard InChI is InChI=1S/C16H20N2O2/c1-3-5-14-6-7-15(16(12-14)19-2)20-11-4-9-18-10-8-17-13-18/h3,6-8,10,12-13H,1,4-5,9,11H2,2H3. The predicted molar refractivity (Wildman–Crippen MR) is 79.2 cm³/mol. The van der Waals surface area contributed by atoms with Gasteiger partial charge in [-0.1, -0.05) is 12.1 Å². The van der Waals surface area contributed by atoms with Crippen LogP contribution in [0.3, 0.4) is 0 Å². The molecule has 1 aromatic heterocycles. The van der Waals surface area contributed by atoms with Crippen LogP contribution in [-0.4, -0.2) is 23.3 Å². The first kappa shape index (κ1) is 14.2. The number of methoxy groups -OCH3 is 1. The molecule has 20 heavy (non-hydrogen) atoms. The van der Waals surface area contributed by atoms with Crippen molar-refractivity contribution in [2.75, 3.05) is 13.7 Å². The van der Waals surface area contributed by atoms with Gasteiger partial charge in [-0.2, -0.15) is 0 Å². The van der Waals surface area contributed by atoms with E-state index in [2.05, 4.69) is 11.6 Å². The molecule has 0 fully saturated rings. The van der Waals surface area contributed by atoms with Crippen LogP contribution in [0.15, 0.2) is 49.6 Å². The monoisotopic (exact) mass is 272 g/mol. The van der Waals surface area contributed by atoms with Crippen LogP contribution in [0.1, 0.15) is 12.0 Å². The first-order valence-corrected chi connectivity index (χ1v) is 6.70. The minimum Gasteiger partial charge on any atom is -0.493 e. The Morgan fingerprint density at radius 1 is 1.35 bits per heavy atom. The molecule has 0 N–H and O–H groups in total. The van der Waals surface area contributed by atoms with E-state index in [1.807, 2.05) is 41.4 Å². The number of nitrogens with zero attached hydrogens (tertiary/aromatic N) is 2. The number of aromatic nitrogens is 2. The summed E-state index contributed by atoms with van der Waals surface area (Å²) in [6, 6.07) is 5.98. The van der Waals surface area contributed by atoms with Gasteiger partial charge in [-0.25, -0.2) is 4.98 Å². The molecule has 1 heterocycles. The normalized spacial score (nSPS) is 10.2. The Bertz CT molecular complexity index is 535. The summed E-state index contributed by atoms with van der Waals surface area (Å²) in [5, 5.41) is 0. The molecule has 0 amide bonds. The second-order valence-corrected chi connectivity index (χ2v) is 4.48. The molecule has 0 aliphatic rings. The van der Waals surface area contributed by atoms with Gasteiger partial charge in [0, 0.05) is 18.9 Å². The summed E-state index contributed by atoms with van der Waals surface area (Å²) in [5.41, 5.74) is 1.17. The third-order valence-electron chi connectivity index (χ3n) is 2.99. The molecule has 106 valence electrons. The smallest absolute Gasteiger partial charge is 0.161 e. The third kappa shape index (κ3) is 3.88. The van der Waals surface area contributed by atoms with E-state index in [9.17, 15) is 0 Å². The fourth-order valence-electron chi connectivity index (χ4n) is 1.97. The second-order valence-electron chi connectivity index (χ2n) is 4.48. The van der Waals surface area contributed by atoms with Gasteiger partial charge in [0.15, 0.2) is 11.5 Å². The summed E-state index contributed by atoms with van der Waals surface area (Å²) in [7, 11) is 1.66. The first-order chi connectivity index (χ1) is 9.83. The Hall–Kier alpha value is -2.23. The number of hydrogen-bond acceptors (Lipinski definition) is 3. The van der Waals surface area contributed by atoms with Gasteiger partial charge in [0.1, 0.15) is 0 Å². The molecule has 4 nitrogen and oxygen atoms in total. The van der Waals surface area contributed by atoms with E-state index in [0.29, 0.717) is 6.61 Å². The molecular formula is C16H20N2O2. The minimum absolute atomic E-state index is 0.648. The molecule has 0 radical (unpaired) electrons. The highest BCUT2D eigenvalue weighted by Crippen LogP contribution is 2.28. The van der Waals surface area contributed by atoms with Crippen molar-refractivity contribution in [2.45, 2.75) is 19.4 Å². The van der Waals surface area contributed by atoms with Gasteiger partial charge in [0.25, 0.3) is 0 Å². The van der Waals surface area contributed by atoms with Crippen LogP contribution in [0.5, 0.6) is 11.5 Å². The highest BCUT2D eigenvalue weighted by molar-refractivity contribution is 5.43. The molecule has 1 aromatic carbocycles. The average molecular weight is 272 g/mol. The molecule has 0 saturated carbocycles. The highest BCUT2D eigenvalue weighted by atomic mass is 16.5. The summed E-state index contributed by atoms with van der Waals surface area (Å²) in [6.45, 7) is 5.29. The lowest BCUT2D eigenvalue weighted by molar-refractivity contribution is 0.282. The number of imidazole rings is 1. The molecule has 2 rings (SSSR count). The van der Waals surface area contributed by atoms with Crippen LogP contribution in [0.4, 0.5) is 0 Å². The Kier molecular flexibility index (Phi) is 5.24. The van der Waals surface area contributed by atoms with Gasteiger partial charge >= 0.3 is 0 Å². The third-order valence-corrected chi connectivity index (χ3v) is 2.99. The van der Waals surface area contributed by atoms with Crippen molar-refractivity contribution in [3.8, 4) is 11.5 Å². The Morgan fingerprint density at radius 2 is 2.25 bits per heavy atom. The van der Waals surface area contributed by atoms with E-state index in [4.69, 9.17) is 9.47 Å². The molecular weight excluding hydrogens is 252 g/mol. The lowest BCUT2D eigenvalue weighted by atomic mass is 10.1. The lowest BCUT2D eigenvalue weighted by Crippen LogP contribution is -2.04. The Labute approximate surface area is 119 Å². The summed E-state index contributed by atoms with van der Waals surface area (Å²) in [4.78, 5) is 4.01. The number of rotatable bonds is 8. The van der Waals surface area contributed by atoms with Gasteiger partial charge in [-0.3, -0.25) is 0 Å². The summed E-state index contributed by atoms with van der Waals surface area (Å²) >= 11 is 0. The van der Waals surface area contributed by atoms with Crippen molar-refractivity contribution in [2.24, 2.45) is 0 Å². The fourth-order valence-corrected chi connectivity index (χ4v) is 1.97. The van der Waals surface area contributed by atoms with E-state index in [1.54, 1.807) is 13.3 Å². The second kappa shape index (κ2) is 7.38. The van der Waals surface area contributed by atoms with Gasteiger partial charge in [0.05, 0.1) is 20.0 Å². The van der Waals surface area contributed by atoms with Crippen LogP contribution >= 0.6 is 0 Å². The SMILES string of the molecule is C=CCc1ccc(OCCCn2ccnc2)c(OC)c1. The van der Waals surface area contributed by atoms with Crippen molar-refractivity contribution >= 4 is 0 Å². The summed E-state index contributed by atoms with van der Waals surface area (Å²) < 4.78 is 13.2. The zero-order valence-electron chi connectivity index (χ0n) is 11.8. The average Bonchev–Trinajstić information content (AvgIpc) is 2.98. The molecule has 0 aliphatic carbocycles. The largest absolute Gasteiger partial charge is 0.493 e. The van der Waals surface area contributed by atoms with E-state index in [0.717, 1.165) is 30.9 Å². The van der Waals surface area contributed by atoms with E-state index >= 15 is 0 Å². The minimum atomic E-state index is 0.648. The topological polar surface area (TPSA) is 36.3 Å². The van der Waals surface area contributed by atoms with Crippen LogP contribution in [0.25, 0.3) is 0 Å². The van der Waals surface area contributed by atoms with Crippen LogP contribution in [0, 0.1) is 0 Å². The maximum atomic E-state index is 5.77. The molecule has 0 bridgehead atoms. The number of ether oxygens (including phenoxy) is 2. The molecule has 0 unspecified atom stereocenters. The van der Waals surface area contributed by atoms with Crippen molar-refractivity contribution in [1.29, 1.82) is 0 Å². The highest BCUT2D eigenvalue weighted by Gasteiger charge is 2.05. The number of aryl methyl sites for hydroxylation is 1. The zero-order valence-corrected chi connectivity index (χ0v) is 11.8. The molecule has 0 atom stereocenters. The zero-order chi connectivity index (χ0) is 14.2. The van der Waals surface area contributed by atoms with Crippen molar-refractivity contribution in [1.82, 2.24) is 9.55 Å². The molecule has 2 aromatic rings. The van der Waals surface area contributed by atoms with Crippen molar-refractivity contribution in [3.63, 3.8) is 0 Å². The Balaban J connectivity index is 1.86. The van der Waals surface area contributed by atoms with Gasteiger partial charge < -0.3 is 14.0 Å². The molecule has 0 spiro atoms. The van der Waals surface area contributed by atoms with Crippen LogP contribution in [-0.2, 0) is 13.0 Å². The van der Waals surface area contributed by atoms with E-state index in [1.165, 1.54) is 5.56 Å². The quantitative estimate of drug-likeness (QED) is 0.547. The molecule has 4 heteroatoms. The van der Waals surface area contributed by atoms with Crippen molar-refractivity contribution in [3.05, 3.63) is 55.1 Å². The van der Waals surface area contributed by atoms with E-state index in [-0.39, 0.29) is 0 Å². The predicted octanol–water partition coefficient (Wildman–Crippen LogP) is 3.09. The number of benzene rings is 1. The fraction of sp³-hybridized carbons (Fsp3) is 0.312. The molecule has 0 aliphatic heterocycles. The van der Waals surface area contributed by atoms with Crippen LogP contribution < -0.4 is 9.47 Å². The van der Waals surface area contributed by atoms with Gasteiger partial charge in [0.2, 0.25) is 0 Å². The van der Waals surface area contributed by atoms with E-state index < -0.39 is 0 Å². The number of allylic oxidation sites excluding steroid dienone is 1. The summed E-state index contributed by atoms with van der Waals surface area (Å²) in [6.07, 6.45) is 9.17. The van der Waals surface area contributed by atoms with Crippen LogP contribution in [0.2, 0.25) is 0 Å². The first-order valence-electron chi connectivity index (χ1n) is 6.70. The summed E-state index contributed by atoms with van der Waals surface area (Å²) in [5.74, 6) is 1.55. The number of hydrogen-bond donors (Lipinski definition) is 0. The molecule has 0 saturated heterocycles. The van der Waals surface area contributed by atoms with Crippen molar-refractivity contribution < 1.29 is 9.47 Å². The van der Waals surface area contributed by atoms with Gasteiger partial charge in [-0.15, -0.1) is 6.58 Å². The lowest BCUT2D eigenvalue weighted by Gasteiger charge is -2.12. The maximum absolute atomic E-state index is 5.77. The Morgan fingerprint density at radius 3 is 2.95 bits per heavy atom.